The molecule has 0 amide bonds. The Morgan fingerprint density at radius 2 is 2.06 bits per heavy atom. The molecule has 0 spiro atoms. The fourth-order valence-corrected chi connectivity index (χ4v) is 2.58. The molecule has 0 fully saturated rings. The van der Waals surface area contributed by atoms with Crippen molar-refractivity contribution in [2.45, 2.75) is 6.42 Å². The minimum Gasteiger partial charge on any atom is -0.293 e. The van der Waals surface area contributed by atoms with E-state index in [1.165, 1.54) is 0 Å². The topological polar surface area (TPSA) is 17.1 Å². The van der Waals surface area contributed by atoms with E-state index in [1.54, 1.807) is 0 Å². The Bertz CT molecular complexity index is 513. The van der Waals surface area contributed by atoms with E-state index in [2.05, 4.69) is 6.08 Å². The van der Waals surface area contributed by atoms with E-state index >= 15 is 0 Å². The monoisotopic (exact) mass is 206 g/mol. The maximum Gasteiger partial charge on any atom is 0.170 e. The molecule has 2 aliphatic carbocycles. The minimum absolute atomic E-state index is 0.0556. The highest BCUT2D eigenvalue weighted by molar-refractivity contribution is 6.24. The maximum atomic E-state index is 12.3. The number of hydrogen-bond acceptors (Lipinski definition) is 1. The predicted octanol–water partition coefficient (Wildman–Crippen LogP) is 2.28. The number of rotatable bonds is 0. The molecule has 0 N–H and O–H groups in total. The van der Waals surface area contributed by atoms with Crippen LogP contribution in [0.1, 0.15) is 15.9 Å². The van der Waals surface area contributed by atoms with Crippen LogP contribution in [0.25, 0.3) is 0 Å². The minimum atomic E-state index is -0.0556. The lowest BCUT2D eigenvalue weighted by atomic mass is 9.70. The Morgan fingerprint density at radius 3 is 2.94 bits per heavy atom. The Hall–Kier alpha value is -1.57. The summed E-state index contributed by atoms with van der Waals surface area (Å²) in [6.45, 7) is 0. The van der Waals surface area contributed by atoms with Gasteiger partial charge in [0.05, 0.1) is 0 Å². The molecule has 1 aromatic rings. The quantitative estimate of drug-likeness (QED) is 0.595. The Kier molecular flexibility index (Phi) is 2.10. The summed E-state index contributed by atoms with van der Waals surface area (Å²) in [5.41, 5.74) is 2.73. The molecule has 1 aromatic carbocycles. The van der Waals surface area contributed by atoms with E-state index in [-0.39, 0.29) is 17.6 Å². The molecule has 16 heavy (non-hydrogen) atoms. The number of hydrogen-bond donors (Lipinski definition) is 0. The van der Waals surface area contributed by atoms with Crippen molar-refractivity contribution < 1.29 is 4.79 Å². The first kappa shape index (κ1) is 9.65. The third kappa shape index (κ3) is 1.37. The number of carbonyl (C=O) groups is 1. The number of allylic oxidation sites excluding steroid dienone is 4. The standard InChI is InChI=1S/C14H11BO/c15-11-6-5-10-7-9-3-1-2-4-12(9)14(16)13(10)8-11/h1-6,8,10,13H,7H2. The van der Waals surface area contributed by atoms with Crippen LogP contribution < -0.4 is 0 Å². The van der Waals surface area contributed by atoms with E-state index in [1.807, 2.05) is 36.4 Å². The fourth-order valence-electron chi connectivity index (χ4n) is 2.58. The average molecular weight is 206 g/mol. The van der Waals surface area contributed by atoms with Crippen molar-refractivity contribution in [1.82, 2.24) is 0 Å². The molecule has 3 rings (SSSR count). The van der Waals surface area contributed by atoms with Crippen LogP contribution in [0.3, 0.4) is 0 Å². The van der Waals surface area contributed by atoms with E-state index in [0.29, 0.717) is 5.47 Å². The molecule has 1 nitrogen and oxygen atoms in total. The number of Topliss-reactive ketones (excluding diaryl/α,β-unsaturated/α-hetero) is 1. The molecule has 0 bridgehead atoms. The second-order valence-electron chi connectivity index (χ2n) is 4.44. The van der Waals surface area contributed by atoms with Gasteiger partial charge < -0.3 is 0 Å². The SMILES string of the molecule is [B]C1=CC2C(=O)c3ccccc3CC2C=C1. The van der Waals surface area contributed by atoms with E-state index < -0.39 is 0 Å². The zero-order valence-corrected chi connectivity index (χ0v) is 8.89. The van der Waals surface area contributed by atoms with Crippen LogP contribution in [0.2, 0.25) is 0 Å². The van der Waals surface area contributed by atoms with Crippen LogP contribution in [-0.4, -0.2) is 13.6 Å². The molecule has 76 valence electrons. The first-order valence-corrected chi connectivity index (χ1v) is 5.53. The molecule has 2 unspecified atom stereocenters. The van der Waals surface area contributed by atoms with Gasteiger partial charge in [0.1, 0.15) is 7.85 Å². The van der Waals surface area contributed by atoms with Crippen molar-refractivity contribution in [3.05, 3.63) is 59.1 Å². The Labute approximate surface area is 96.3 Å². The molecular formula is C14H11BO. The van der Waals surface area contributed by atoms with Gasteiger partial charge in [-0.2, -0.15) is 0 Å². The van der Waals surface area contributed by atoms with Crippen molar-refractivity contribution >= 4 is 13.6 Å². The van der Waals surface area contributed by atoms with Gasteiger partial charge in [-0.05, 0) is 17.9 Å². The number of carbonyl (C=O) groups excluding carboxylic acids is 1. The lowest BCUT2D eigenvalue weighted by Gasteiger charge is -2.30. The Balaban J connectivity index is 2.09. The van der Waals surface area contributed by atoms with Crippen molar-refractivity contribution in [3.8, 4) is 0 Å². The number of ketones is 1. The van der Waals surface area contributed by atoms with Crippen LogP contribution >= 0.6 is 0 Å². The van der Waals surface area contributed by atoms with E-state index in [4.69, 9.17) is 7.85 Å². The molecule has 0 aliphatic heterocycles. The molecule has 0 heterocycles. The lowest BCUT2D eigenvalue weighted by Crippen LogP contribution is -2.30. The molecule has 2 aliphatic rings. The van der Waals surface area contributed by atoms with Gasteiger partial charge in [-0.1, -0.05) is 42.5 Å². The van der Waals surface area contributed by atoms with Crippen LogP contribution in [0.5, 0.6) is 0 Å². The summed E-state index contributed by atoms with van der Waals surface area (Å²) >= 11 is 0. The van der Waals surface area contributed by atoms with Gasteiger partial charge in [-0.25, -0.2) is 0 Å². The van der Waals surface area contributed by atoms with Gasteiger partial charge in [0.2, 0.25) is 0 Å². The summed E-state index contributed by atoms with van der Waals surface area (Å²) < 4.78 is 0. The number of fused-ring (bicyclic) bond motifs is 2. The molecular weight excluding hydrogens is 195 g/mol. The lowest BCUT2D eigenvalue weighted by molar-refractivity contribution is 0.0907. The summed E-state index contributed by atoms with van der Waals surface area (Å²) in [5, 5.41) is 0. The largest absolute Gasteiger partial charge is 0.293 e. The average Bonchev–Trinajstić information content (AvgIpc) is 2.31. The zero-order valence-electron chi connectivity index (χ0n) is 8.89. The molecule has 0 saturated carbocycles. The van der Waals surface area contributed by atoms with Gasteiger partial charge in [0.15, 0.2) is 5.78 Å². The zero-order chi connectivity index (χ0) is 11.1. The molecule has 0 aromatic heterocycles. The fraction of sp³-hybridized carbons (Fsp3) is 0.214. The first-order chi connectivity index (χ1) is 7.75. The van der Waals surface area contributed by atoms with E-state index in [9.17, 15) is 4.79 Å². The summed E-state index contributed by atoms with van der Waals surface area (Å²) in [6, 6.07) is 7.86. The Morgan fingerprint density at radius 1 is 1.25 bits per heavy atom. The molecule has 2 radical (unpaired) electrons. The van der Waals surface area contributed by atoms with Crippen LogP contribution in [0.4, 0.5) is 0 Å². The van der Waals surface area contributed by atoms with Crippen molar-refractivity contribution in [2.75, 3.05) is 0 Å². The highest BCUT2D eigenvalue weighted by Crippen LogP contribution is 2.34. The highest BCUT2D eigenvalue weighted by atomic mass is 16.1. The van der Waals surface area contributed by atoms with E-state index in [0.717, 1.165) is 17.5 Å². The van der Waals surface area contributed by atoms with Crippen LogP contribution in [0.15, 0.2) is 48.0 Å². The third-order valence-corrected chi connectivity index (χ3v) is 3.41. The summed E-state index contributed by atoms with van der Waals surface area (Å²) in [6.07, 6.45) is 6.80. The third-order valence-electron chi connectivity index (χ3n) is 3.41. The van der Waals surface area contributed by atoms with Crippen molar-refractivity contribution in [1.29, 1.82) is 0 Å². The van der Waals surface area contributed by atoms with Crippen molar-refractivity contribution in [3.63, 3.8) is 0 Å². The molecule has 2 heteroatoms. The van der Waals surface area contributed by atoms with Gasteiger partial charge in [0.25, 0.3) is 0 Å². The second kappa shape index (κ2) is 3.48. The predicted molar refractivity (Wildman–Crippen MR) is 64.4 cm³/mol. The first-order valence-electron chi connectivity index (χ1n) is 5.53. The van der Waals surface area contributed by atoms with Gasteiger partial charge in [-0.3, -0.25) is 4.79 Å². The van der Waals surface area contributed by atoms with Crippen LogP contribution in [0, 0.1) is 11.8 Å². The van der Waals surface area contributed by atoms with Crippen molar-refractivity contribution in [2.24, 2.45) is 11.8 Å². The van der Waals surface area contributed by atoms with Gasteiger partial charge in [0, 0.05) is 11.5 Å². The van der Waals surface area contributed by atoms with Gasteiger partial charge >= 0.3 is 0 Å². The normalized spacial score (nSPS) is 27.0. The summed E-state index contributed by atoms with van der Waals surface area (Å²) in [4.78, 5) is 12.3. The second-order valence-corrected chi connectivity index (χ2v) is 4.44. The molecule has 0 saturated heterocycles. The summed E-state index contributed by atoms with van der Waals surface area (Å²) in [7, 11) is 5.75. The molecule has 2 atom stereocenters. The van der Waals surface area contributed by atoms with Gasteiger partial charge in [-0.15, -0.1) is 5.47 Å². The smallest absolute Gasteiger partial charge is 0.170 e. The summed E-state index contributed by atoms with van der Waals surface area (Å²) in [5.74, 6) is 0.439. The highest BCUT2D eigenvalue weighted by Gasteiger charge is 2.33. The van der Waals surface area contributed by atoms with Crippen LogP contribution in [-0.2, 0) is 6.42 Å². The number of benzene rings is 1. The maximum absolute atomic E-state index is 12.3.